The third-order valence-corrected chi connectivity index (χ3v) is 3.76. The van der Waals surface area contributed by atoms with E-state index in [4.69, 9.17) is 10.2 Å². The average Bonchev–Trinajstić information content (AvgIpc) is 2.55. The van der Waals surface area contributed by atoms with Crippen LogP contribution < -0.4 is 0 Å². The summed E-state index contributed by atoms with van der Waals surface area (Å²) in [6.45, 7) is 5.59. The Morgan fingerprint density at radius 2 is 1.55 bits per heavy atom. The predicted molar refractivity (Wildman–Crippen MR) is 69.5 cm³/mol. The number of hydrogen-bond donors (Lipinski definition) is 3. The lowest BCUT2D eigenvalue weighted by Crippen LogP contribution is -2.45. The Labute approximate surface area is 117 Å². The molecule has 0 spiro atoms. The molecule has 3 atom stereocenters. The number of carboxylic acids is 2. The molecule has 7 heteroatoms. The zero-order valence-electron chi connectivity index (χ0n) is 11.9. The molecule has 0 aromatic heterocycles. The topological polar surface area (TPSA) is 115 Å². The number of aliphatic carboxylic acids is 2. The maximum atomic E-state index is 11.4. The van der Waals surface area contributed by atoms with E-state index in [0.29, 0.717) is 0 Å². The summed E-state index contributed by atoms with van der Waals surface area (Å²) in [5.74, 6) is -3.03. The molecule has 7 nitrogen and oxygen atoms in total. The van der Waals surface area contributed by atoms with Gasteiger partial charge >= 0.3 is 18.0 Å². The summed E-state index contributed by atoms with van der Waals surface area (Å²) in [5, 5.41) is 27.2. The summed E-state index contributed by atoms with van der Waals surface area (Å²) >= 11 is 0. The van der Waals surface area contributed by atoms with Crippen molar-refractivity contribution in [1.29, 1.82) is 0 Å². The highest BCUT2D eigenvalue weighted by Gasteiger charge is 2.50. The lowest BCUT2D eigenvalue weighted by atomic mass is 9.74. The van der Waals surface area contributed by atoms with Crippen molar-refractivity contribution >= 4 is 18.0 Å². The van der Waals surface area contributed by atoms with E-state index < -0.39 is 41.3 Å². The van der Waals surface area contributed by atoms with Gasteiger partial charge in [-0.2, -0.15) is 0 Å². The summed E-state index contributed by atoms with van der Waals surface area (Å²) in [5.41, 5.74) is -0.453. The van der Waals surface area contributed by atoms with Crippen LogP contribution in [0, 0.1) is 17.3 Å². The SMILES string of the molecule is CC(C)(C)C1C(CC(=O)O)C(CC(=O)O)CN1C(=O)O. The maximum absolute atomic E-state index is 11.4. The minimum Gasteiger partial charge on any atom is -0.481 e. The van der Waals surface area contributed by atoms with E-state index in [0.717, 1.165) is 0 Å². The summed E-state index contributed by atoms with van der Waals surface area (Å²) in [6, 6.07) is -0.500. The largest absolute Gasteiger partial charge is 0.481 e. The zero-order valence-corrected chi connectivity index (χ0v) is 11.9. The van der Waals surface area contributed by atoms with Crippen molar-refractivity contribution < 1.29 is 29.7 Å². The van der Waals surface area contributed by atoms with Gasteiger partial charge in [-0.1, -0.05) is 20.8 Å². The minimum atomic E-state index is -1.13. The van der Waals surface area contributed by atoms with Gasteiger partial charge in [0.25, 0.3) is 0 Å². The van der Waals surface area contributed by atoms with Crippen molar-refractivity contribution in [3.8, 4) is 0 Å². The molecule has 114 valence electrons. The second-order valence-electron chi connectivity index (χ2n) is 6.37. The van der Waals surface area contributed by atoms with E-state index in [1.807, 2.05) is 20.8 Å². The third-order valence-electron chi connectivity index (χ3n) is 3.76. The number of nitrogens with zero attached hydrogens (tertiary/aromatic N) is 1. The van der Waals surface area contributed by atoms with Crippen molar-refractivity contribution in [2.75, 3.05) is 6.54 Å². The predicted octanol–water partition coefficient (Wildman–Crippen LogP) is 1.58. The highest BCUT2D eigenvalue weighted by molar-refractivity contribution is 5.71. The fourth-order valence-corrected chi connectivity index (χ4v) is 3.22. The van der Waals surface area contributed by atoms with Gasteiger partial charge in [0, 0.05) is 12.6 Å². The van der Waals surface area contributed by atoms with Gasteiger partial charge in [0.15, 0.2) is 0 Å². The van der Waals surface area contributed by atoms with Gasteiger partial charge in [0.1, 0.15) is 0 Å². The Morgan fingerprint density at radius 1 is 1.05 bits per heavy atom. The molecule has 0 aromatic carbocycles. The number of likely N-dealkylation sites (tertiary alicyclic amines) is 1. The minimum absolute atomic E-state index is 0.0709. The summed E-state index contributed by atoms with van der Waals surface area (Å²) in [6.07, 6.45) is -1.56. The van der Waals surface area contributed by atoms with Gasteiger partial charge < -0.3 is 20.2 Å². The Bertz CT molecular complexity index is 414. The quantitative estimate of drug-likeness (QED) is 0.723. The van der Waals surface area contributed by atoms with Crippen LogP contribution in [0.2, 0.25) is 0 Å². The molecule has 1 fully saturated rings. The third kappa shape index (κ3) is 3.61. The van der Waals surface area contributed by atoms with E-state index in [9.17, 15) is 19.5 Å². The zero-order chi connectivity index (χ0) is 15.7. The van der Waals surface area contributed by atoms with E-state index in [1.165, 1.54) is 4.90 Å². The van der Waals surface area contributed by atoms with Crippen molar-refractivity contribution in [1.82, 2.24) is 4.90 Å². The first-order valence-corrected chi connectivity index (χ1v) is 6.47. The van der Waals surface area contributed by atoms with Crippen LogP contribution in [-0.2, 0) is 9.59 Å². The van der Waals surface area contributed by atoms with E-state index in [2.05, 4.69) is 0 Å². The lowest BCUT2D eigenvalue weighted by molar-refractivity contribution is -0.141. The number of rotatable bonds is 4. The van der Waals surface area contributed by atoms with Crippen LogP contribution in [0.3, 0.4) is 0 Å². The van der Waals surface area contributed by atoms with Crippen LogP contribution in [-0.4, -0.2) is 50.8 Å². The molecule has 20 heavy (non-hydrogen) atoms. The number of amides is 1. The van der Waals surface area contributed by atoms with Crippen LogP contribution in [0.1, 0.15) is 33.6 Å². The van der Waals surface area contributed by atoms with Gasteiger partial charge in [-0.3, -0.25) is 9.59 Å². The van der Waals surface area contributed by atoms with Crippen molar-refractivity contribution in [2.24, 2.45) is 17.3 Å². The second-order valence-corrected chi connectivity index (χ2v) is 6.37. The average molecular weight is 287 g/mol. The summed E-state index contributed by atoms with van der Waals surface area (Å²) < 4.78 is 0. The fraction of sp³-hybridized carbons (Fsp3) is 0.769. The molecule has 0 radical (unpaired) electrons. The Morgan fingerprint density at radius 3 is 1.90 bits per heavy atom. The van der Waals surface area contributed by atoms with Gasteiger partial charge in [-0.15, -0.1) is 0 Å². The molecule has 1 aliphatic rings. The van der Waals surface area contributed by atoms with Gasteiger partial charge in [0.05, 0.1) is 12.8 Å². The number of carbonyl (C=O) groups is 3. The molecule has 3 unspecified atom stereocenters. The van der Waals surface area contributed by atoms with Crippen molar-refractivity contribution in [2.45, 2.75) is 39.7 Å². The standard InChI is InChI=1S/C13H21NO6/c1-13(2,3)11-8(5-10(17)18)7(4-9(15)16)6-14(11)12(19)20/h7-8,11H,4-6H2,1-3H3,(H,15,16)(H,17,18)(H,19,20). The van der Waals surface area contributed by atoms with Crippen molar-refractivity contribution in [3.05, 3.63) is 0 Å². The highest BCUT2D eigenvalue weighted by Crippen LogP contribution is 2.43. The summed E-state index contributed by atoms with van der Waals surface area (Å²) in [7, 11) is 0. The molecular formula is C13H21NO6. The molecule has 3 N–H and O–H groups in total. The Hall–Kier alpha value is -1.79. The first-order chi connectivity index (χ1) is 9.04. The fourth-order valence-electron chi connectivity index (χ4n) is 3.22. The van der Waals surface area contributed by atoms with Crippen LogP contribution in [0.5, 0.6) is 0 Å². The summed E-state index contributed by atoms with van der Waals surface area (Å²) in [4.78, 5) is 34.5. The van der Waals surface area contributed by atoms with Gasteiger partial charge in [-0.05, 0) is 17.3 Å². The highest BCUT2D eigenvalue weighted by atomic mass is 16.4. The van der Waals surface area contributed by atoms with Crippen LogP contribution in [0.25, 0.3) is 0 Å². The molecule has 1 saturated heterocycles. The molecule has 0 aromatic rings. The molecule has 0 bridgehead atoms. The van der Waals surface area contributed by atoms with Gasteiger partial charge in [0.2, 0.25) is 0 Å². The Balaban J connectivity index is 3.13. The second kappa shape index (κ2) is 5.68. The molecule has 1 heterocycles. The van der Waals surface area contributed by atoms with Gasteiger partial charge in [-0.25, -0.2) is 4.79 Å². The van der Waals surface area contributed by atoms with E-state index in [1.54, 1.807) is 0 Å². The monoisotopic (exact) mass is 287 g/mol. The molecular weight excluding hydrogens is 266 g/mol. The Kier molecular flexibility index (Phi) is 4.62. The van der Waals surface area contributed by atoms with Crippen LogP contribution in [0.4, 0.5) is 4.79 Å². The number of hydrogen-bond acceptors (Lipinski definition) is 3. The van der Waals surface area contributed by atoms with Crippen molar-refractivity contribution in [3.63, 3.8) is 0 Å². The molecule has 0 saturated carbocycles. The first-order valence-electron chi connectivity index (χ1n) is 6.47. The van der Waals surface area contributed by atoms with E-state index in [-0.39, 0.29) is 19.4 Å². The smallest absolute Gasteiger partial charge is 0.407 e. The molecule has 1 aliphatic heterocycles. The normalized spacial score (nSPS) is 26.6. The number of carboxylic acid groups (broad SMARTS) is 3. The van der Waals surface area contributed by atoms with Crippen LogP contribution >= 0.6 is 0 Å². The molecule has 1 amide bonds. The maximum Gasteiger partial charge on any atom is 0.407 e. The lowest BCUT2D eigenvalue weighted by Gasteiger charge is -2.37. The molecule has 1 rings (SSSR count). The first kappa shape index (κ1) is 16.3. The molecule has 0 aliphatic carbocycles. The van der Waals surface area contributed by atoms with E-state index >= 15 is 0 Å². The van der Waals surface area contributed by atoms with Crippen LogP contribution in [0.15, 0.2) is 0 Å².